The maximum atomic E-state index is 5.75. The summed E-state index contributed by atoms with van der Waals surface area (Å²) in [5.74, 6) is 0. The van der Waals surface area contributed by atoms with Gasteiger partial charge in [0.1, 0.15) is 0 Å². The van der Waals surface area contributed by atoms with Gasteiger partial charge < -0.3 is 9.64 Å². The number of aryl methyl sites for hydroxylation is 1. The highest BCUT2D eigenvalue weighted by Gasteiger charge is 2.21. The van der Waals surface area contributed by atoms with Crippen LogP contribution >= 0.6 is 27.3 Å². The number of ether oxygens (including phenoxy) is 1. The van der Waals surface area contributed by atoms with E-state index in [1.807, 2.05) is 0 Å². The number of nitrogens with zero attached hydrogens (tertiary/aromatic N) is 2. The highest BCUT2D eigenvalue weighted by molar-refractivity contribution is 9.09. The summed E-state index contributed by atoms with van der Waals surface area (Å²) in [6, 6.07) is 0. The Morgan fingerprint density at radius 2 is 2.29 bits per heavy atom. The van der Waals surface area contributed by atoms with Crippen molar-refractivity contribution in [2.45, 2.75) is 32.3 Å². The number of thiazole rings is 1. The van der Waals surface area contributed by atoms with E-state index in [9.17, 15) is 0 Å². The molecule has 1 saturated heterocycles. The molecule has 2 heterocycles. The number of hydrogen-bond acceptors (Lipinski definition) is 4. The molecule has 3 nitrogen and oxygen atoms in total. The molecule has 2 rings (SSSR count). The Morgan fingerprint density at radius 1 is 1.53 bits per heavy atom. The molecule has 1 aromatic rings. The maximum Gasteiger partial charge on any atom is 0.185 e. The van der Waals surface area contributed by atoms with E-state index in [1.165, 1.54) is 10.8 Å². The highest BCUT2D eigenvalue weighted by atomic mass is 79.9. The molecule has 0 saturated carbocycles. The molecule has 0 aliphatic carbocycles. The van der Waals surface area contributed by atoms with E-state index in [4.69, 9.17) is 4.74 Å². The largest absolute Gasteiger partial charge is 0.377 e. The Labute approximate surface area is 115 Å². The monoisotopic (exact) mass is 318 g/mol. The number of rotatable bonds is 5. The molecule has 1 aliphatic rings. The second-order valence-electron chi connectivity index (χ2n) is 4.22. The molecular formula is C12H19BrN2OS. The number of hydrogen-bond donors (Lipinski definition) is 0. The van der Waals surface area contributed by atoms with E-state index in [0.29, 0.717) is 6.10 Å². The van der Waals surface area contributed by atoms with Crippen LogP contribution in [0.25, 0.3) is 0 Å². The summed E-state index contributed by atoms with van der Waals surface area (Å²) in [7, 11) is 0. The normalized spacial score (nSPS) is 17.6. The zero-order chi connectivity index (χ0) is 12.1. The SMILES string of the molecule is CCc1csc(N2CCC(OCCBr)CC2)n1. The van der Waals surface area contributed by atoms with Gasteiger partial charge in [0.15, 0.2) is 5.13 Å². The molecule has 17 heavy (non-hydrogen) atoms. The molecule has 0 bridgehead atoms. The predicted molar refractivity (Wildman–Crippen MR) is 76.5 cm³/mol. The maximum absolute atomic E-state index is 5.75. The van der Waals surface area contributed by atoms with Crippen LogP contribution < -0.4 is 4.90 Å². The second-order valence-corrected chi connectivity index (χ2v) is 5.85. The molecule has 1 aliphatic heterocycles. The average molecular weight is 319 g/mol. The van der Waals surface area contributed by atoms with Crippen LogP contribution in [0, 0.1) is 0 Å². The third-order valence-corrected chi connectivity index (χ3v) is 4.32. The van der Waals surface area contributed by atoms with E-state index in [1.54, 1.807) is 11.3 Å². The lowest BCUT2D eigenvalue weighted by atomic mass is 10.1. The Morgan fingerprint density at radius 3 is 2.88 bits per heavy atom. The summed E-state index contributed by atoms with van der Waals surface area (Å²) < 4.78 is 5.75. The predicted octanol–water partition coefficient (Wildman–Crippen LogP) is 3.09. The van der Waals surface area contributed by atoms with Gasteiger partial charge in [-0.15, -0.1) is 11.3 Å². The zero-order valence-corrected chi connectivity index (χ0v) is 12.6. The molecule has 0 aromatic carbocycles. The fourth-order valence-electron chi connectivity index (χ4n) is 2.03. The smallest absolute Gasteiger partial charge is 0.185 e. The summed E-state index contributed by atoms with van der Waals surface area (Å²) in [6.07, 6.45) is 3.71. The van der Waals surface area contributed by atoms with Crippen LogP contribution in [0.4, 0.5) is 5.13 Å². The van der Waals surface area contributed by atoms with Crippen LogP contribution in [0.2, 0.25) is 0 Å². The minimum atomic E-state index is 0.439. The average Bonchev–Trinajstić information content (AvgIpc) is 2.86. The summed E-state index contributed by atoms with van der Waals surface area (Å²) in [5.41, 5.74) is 1.21. The van der Waals surface area contributed by atoms with Crippen molar-refractivity contribution in [3.8, 4) is 0 Å². The van der Waals surface area contributed by atoms with Crippen LogP contribution in [0.3, 0.4) is 0 Å². The topological polar surface area (TPSA) is 25.4 Å². The van der Waals surface area contributed by atoms with Gasteiger partial charge in [0, 0.05) is 23.8 Å². The van der Waals surface area contributed by atoms with Crippen molar-refractivity contribution < 1.29 is 4.74 Å². The quantitative estimate of drug-likeness (QED) is 0.780. The van der Waals surface area contributed by atoms with Crippen molar-refractivity contribution in [3.05, 3.63) is 11.1 Å². The molecule has 5 heteroatoms. The lowest BCUT2D eigenvalue weighted by Gasteiger charge is -2.31. The third kappa shape index (κ3) is 3.66. The first kappa shape index (κ1) is 13.3. The van der Waals surface area contributed by atoms with Gasteiger partial charge in [0.05, 0.1) is 18.4 Å². The van der Waals surface area contributed by atoms with Crippen molar-refractivity contribution in [3.63, 3.8) is 0 Å². The molecule has 0 spiro atoms. The number of alkyl halides is 1. The van der Waals surface area contributed by atoms with E-state index < -0.39 is 0 Å². The molecule has 1 aromatic heterocycles. The van der Waals surface area contributed by atoms with Gasteiger partial charge in [-0.3, -0.25) is 0 Å². The van der Waals surface area contributed by atoms with Gasteiger partial charge in [-0.2, -0.15) is 0 Å². The molecule has 0 atom stereocenters. The van der Waals surface area contributed by atoms with Gasteiger partial charge in [0.2, 0.25) is 0 Å². The fraction of sp³-hybridized carbons (Fsp3) is 0.750. The minimum absolute atomic E-state index is 0.439. The molecule has 96 valence electrons. The highest BCUT2D eigenvalue weighted by Crippen LogP contribution is 2.25. The Kier molecular flexibility index (Phi) is 5.25. The van der Waals surface area contributed by atoms with Crippen LogP contribution in [0.1, 0.15) is 25.5 Å². The first-order valence-electron chi connectivity index (χ1n) is 6.20. The lowest BCUT2D eigenvalue weighted by molar-refractivity contribution is 0.0481. The Balaban J connectivity index is 1.82. The molecule has 0 amide bonds. The number of piperidine rings is 1. The summed E-state index contributed by atoms with van der Waals surface area (Å²) in [4.78, 5) is 7.02. The molecular weight excluding hydrogens is 300 g/mol. The molecule has 0 radical (unpaired) electrons. The van der Waals surface area contributed by atoms with Gasteiger partial charge >= 0.3 is 0 Å². The Bertz CT molecular complexity index is 337. The van der Waals surface area contributed by atoms with Gasteiger partial charge in [-0.1, -0.05) is 22.9 Å². The van der Waals surface area contributed by atoms with E-state index >= 15 is 0 Å². The zero-order valence-electron chi connectivity index (χ0n) is 10.2. The third-order valence-electron chi connectivity index (χ3n) is 3.05. The molecule has 0 N–H and O–H groups in total. The summed E-state index contributed by atoms with van der Waals surface area (Å²) in [6.45, 7) is 5.12. The van der Waals surface area contributed by atoms with Crippen LogP contribution in [0.5, 0.6) is 0 Å². The van der Waals surface area contributed by atoms with Crippen molar-refractivity contribution in [1.29, 1.82) is 0 Å². The van der Waals surface area contributed by atoms with Crippen LogP contribution in [-0.2, 0) is 11.2 Å². The molecule has 0 unspecified atom stereocenters. The van der Waals surface area contributed by atoms with Crippen molar-refractivity contribution in [2.75, 3.05) is 29.9 Å². The number of aromatic nitrogens is 1. The van der Waals surface area contributed by atoms with E-state index in [-0.39, 0.29) is 0 Å². The number of anilines is 1. The summed E-state index contributed by atoms with van der Waals surface area (Å²) in [5, 5.41) is 4.28. The minimum Gasteiger partial charge on any atom is -0.377 e. The van der Waals surface area contributed by atoms with Crippen molar-refractivity contribution >= 4 is 32.4 Å². The van der Waals surface area contributed by atoms with Crippen LogP contribution in [-0.4, -0.2) is 36.1 Å². The Hall–Kier alpha value is -0.130. The number of halogens is 1. The lowest BCUT2D eigenvalue weighted by Crippen LogP contribution is -2.37. The van der Waals surface area contributed by atoms with Crippen molar-refractivity contribution in [1.82, 2.24) is 4.98 Å². The van der Waals surface area contributed by atoms with E-state index in [0.717, 1.165) is 44.3 Å². The van der Waals surface area contributed by atoms with Gasteiger partial charge in [-0.05, 0) is 19.3 Å². The first-order chi connectivity index (χ1) is 8.33. The van der Waals surface area contributed by atoms with Gasteiger partial charge in [-0.25, -0.2) is 4.98 Å². The second kappa shape index (κ2) is 6.71. The first-order valence-corrected chi connectivity index (χ1v) is 8.20. The van der Waals surface area contributed by atoms with Crippen LogP contribution in [0.15, 0.2) is 5.38 Å². The van der Waals surface area contributed by atoms with Crippen molar-refractivity contribution in [2.24, 2.45) is 0 Å². The summed E-state index contributed by atoms with van der Waals surface area (Å²) >= 11 is 5.16. The van der Waals surface area contributed by atoms with Gasteiger partial charge in [0.25, 0.3) is 0 Å². The standard InChI is InChI=1S/C12H19BrN2OS/c1-2-10-9-17-12(14-10)15-6-3-11(4-7-15)16-8-5-13/h9,11H,2-8H2,1H3. The fourth-order valence-corrected chi connectivity index (χ4v) is 3.18. The van der Waals surface area contributed by atoms with E-state index in [2.05, 4.69) is 38.1 Å². The molecule has 1 fully saturated rings.